The van der Waals surface area contributed by atoms with Gasteiger partial charge < -0.3 is 9.13 Å². The average Bonchev–Trinajstić information content (AvgIpc) is 3.82. The number of benzene rings is 7. The van der Waals surface area contributed by atoms with Crippen molar-refractivity contribution in [1.82, 2.24) is 9.13 Å². The van der Waals surface area contributed by atoms with Crippen molar-refractivity contribution < 1.29 is 0 Å². The first kappa shape index (κ1) is 27.5. The molecule has 4 nitrogen and oxygen atoms in total. The van der Waals surface area contributed by atoms with Crippen LogP contribution in [0.3, 0.4) is 0 Å². The smallest absolute Gasteiger partial charge is 0.101 e. The highest BCUT2D eigenvalue weighted by atomic mass is 32.1. The third-order valence-corrected chi connectivity index (χ3v) is 11.0. The summed E-state index contributed by atoms with van der Waals surface area (Å²) in [6.07, 6.45) is 0. The van der Waals surface area contributed by atoms with Crippen LogP contribution >= 0.6 is 11.3 Å². The highest BCUT2D eigenvalue weighted by Crippen LogP contribution is 2.45. The quantitative estimate of drug-likeness (QED) is 0.193. The van der Waals surface area contributed by atoms with Gasteiger partial charge >= 0.3 is 0 Å². The minimum atomic E-state index is 0.592. The van der Waals surface area contributed by atoms with E-state index < -0.39 is 0 Å². The van der Waals surface area contributed by atoms with Crippen LogP contribution in [0.4, 0.5) is 0 Å². The summed E-state index contributed by atoms with van der Waals surface area (Å²) in [5, 5.41) is 27.1. The Labute approximate surface area is 285 Å². The van der Waals surface area contributed by atoms with Gasteiger partial charge in [-0.25, -0.2) is 0 Å². The van der Waals surface area contributed by atoms with Crippen molar-refractivity contribution in [3.05, 3.63) is 157 Å². The molecule has 10 rings (SSSR count). The summed E-state index contributed by atoms with van der Waals surface area (Å²) >= 11 is 1.83. The number of nitriles is 2. The third-order valence-electron chi connectivity index (χ3n) is 9.78. The second-order valence-electron chi connectivity index (χ2n) is 12.3. The summed E-state index contributed by atoms with van der Waals surface area (Å²) in [6.45, 7) is 0. The van der Waals surface area contributed by atoms with Gasteiger partial charge in [-0.15, -0.1) is 11.3 Å². The molecule has 3 heterocycles. The first-order valence-corrected chi connectivity index (χ1v) is 17.0. The Kier molecular flexibility index (Phi) is 5.84. The fourth-order valence-electron chi connectivity index (χ4n) is 7.69. The maximum absolute atomic E-state index is 10.5. The van der Waals surface area contributed by atoms with E-state index in [1.54, 1.807) is 0 Å². The lowest BCUT2D eigenvalue weighted by atomic mass is 9.98. The van der Waals surface area contributed by atoms with Crippen LogP contribution in [0.15, 0.2) is 146 Å². The van der Waals surface area contributed by atoms with Gasteiger partial charge in [0.1, 0.15) is 6.07 Å². The van der Waals surface area contributed by atoms with Crippen LogP contribution in [-0.2, 0) is 0 Å². The molecule has 49 heavy (non-hydrogen) atoms. The molecule has 0 aliphatic heterocycles. The first-order chi connectivity index (χ1) is 24.2. The predicted molar refractivity (Wildman–Crippen MR) is 203 cm³/mol. The standard InChI is InChI=1S/C44H24N4S/c45-25-27-17-21-40-36(23-27)33-13-5-7-16-39(33)48(40)42-29(26-46)9-8-14-31(42)28-18-22-41-37(24-28)35-20-19-34-32-12-4-6-15-38(32)47(43(34)44(35)49-41)30-10-2-1-3-11-30/h1-24H. The maximum Gasteiger partial charge on any atom is 0.101 e. The van der Waals surface area contributed by atoms with E-state index >= 15 is 0 Å². The van der Waals surface area contributed by atoms with E-state index in [-0.39, 0.29) is 0 Å². The number of nitrogens with zero attached hydrogens (tertiary/aromatic N) is 4. The minimum Gasteiger partial charge on any atom is -0.308 e. The maximum atomic E-state index is 10.5. The molecule has 0 N–H and O–H groups in total. The molecule has 0 unspecified atom stereocenters. The second kappa shape index (κ2) is 10.4. The van der Waals surface area contributed by atoms with Crippen LogP contribution in [0.1, 0.15) is 11.1 Å². The largest absolute Gasteiger partial charge is 0.308 e. The Hall–Kier alpha value is -6.66. The highest BCUT2D eigenvalue weighted by molar-refractivity contribution is 7.26. The van der Waals surface area contributed by atoms with Crippen molar-refractivity contribution in [2.24, 2.45) is 0 Å². The van der Waals surface area contributed by atoms with Gasteiger partial charge in [-0.1, -0.05) is 84.9 Å². The van der Waals surface area contributed by atoms with Crippen molar-refractivity contribution in [3.63, 3.8) is 0 Å². The van der Waals surface area contributed by atoms with Gasteiger partial charge in [-0.3, -0.25) is 0 Å². The molecule has 0 radical (unpaired) electrons. The van der Waals surface area contributed by atoms with Crippen molar-refractivity contribution >= 4 is 75.1 Å². The molecular weight excluding hydrogens is 617 g/mol. The summed E-state index contributed by atoms with van der Waals surface area (Å²) in [4.78, 5) is 0. The Morgan fingerprint density at radius 2 is 1.20 bits per heavy atom. The van der Waals surface area contributed by atoms with Gasteiger partial charge in [0, 0.05) is 48.3 Å². The molecule has 0 saturated heterocycles. The number of para-hydroxylation sites is 4. The van der Waals surface area contributed by atoms with Crippen LogP contribution in [0.5, 0.6) is 0 Å². The van der Waals surface area contributed by atoms with Crippen LogP contribution in [0.25, 0.3) is 86.3 Å². The second-order valence-corrected chi connectivity index (χ2v) is 13.4. The van der Waals surface area contributed by atoms with Crippen molar-refractivity contribution in [1.29, 1.82) is 10.5 Å². The molecule has 0 amide bonds. The van der Waals surface area contributed by atoms with E-state index in [9.17, 15) is 10.5 Å². The molecule has 0 bridgehead atoms. The summed E-state index contributed by atoms with van der Waals surface area (Å²) in [6, 6.07) is 55.3. The Morgan fingerprint density at radius 3 is 2.00 bits per heavy atom. The van der Waals surface area contributed by atoms with E-state index in [1.807, 2.05) is 53.8 Å². The zero-order valence-electron chi connectivity index (χ0n) is 26.1. The van der Waals surface area contributed by atoms with Crippen LogP contribution in [0, 0.1) is 22.7 Å². The molecule has 0 spiro atoms. The van der Waals surface area contributed by atoms with Gasteiger partial charge in [0.2, 0.25) is 0 Å². The molecule has 10 aromatic rings. The number of aromatic nitrogens is 2. The fourth-order valence-corrected chi connectivity index (χ4v) is 8.91. The van der Waals surface area contributed by atoms with Crippen LogP contribution < -0.4 is 0 Å². The molecule has 5 heteroatoms. The van der Waals surface area contributed by atoms with Gasteiger partial charge in [0.05, 0.1) is 49.7 Å². The first-order valence-electron chi connectivity index (χ1n) is 16.1. The van der Waals surface area contributed by atoms with Crippen molar-refractivity contribution in [2.75, 3.05) is 0 Å². The summed E-state index contributed by atoms with van der Waals surface area (Å²) in [7, 11) is 0. The van der Waals surface area contributed by atoms with E-state index in [0.29, 0.717) is 11.1 Å². The predicted octanol–water partition coefficient (Wildman–Crippen LogP) is 11.7. The summed E-state index contributed by atoms with van der Waals surface area (Å²) in [5.74, 6) is 0. The minimum absolute atomic E-state index is 0.592. The third kappa shape index (κ3) is 3.88. The molecule has 226 valence electrons. The lowest BCUT2D eigenvalue weighted by molar-refractivity contribution is 1.17. The summed E-state index contributed by atoms with van der Waals surface area (Å²) < 4.78 is 7.07. The lowest BCUT2D eigenvalue weighted by Gasteiger charge is -2.16. The Bertz CT molecular complexity index is 3070. The molecular formula is C44H24N4S. The molecule has 0 aliphatic carbocycles. The van der Waals surface area contributed by atoms with Crippen LogP contribution in [-0.4, -0.2) is 9.13 Å². The van der Waals surface area contributed by atoms with Crippen molar-refractivity contribution in [3.8, 4) is 34.6 Å². The van der Waals surface area contributed by atoms with E-state index in [0.717, 1.165) is 44.3 Å². The monoisotopic (exact) mass is 640 g/mol. The molecule has 0 atom stereocenters. The Balaban J connectivity index is 1.26. The van der Waals surface area contributed by atoms with E-state index in [2.05, 4.69) is 124 Å². The zero-order valence-corrected chi connectivity index (χ0v) is 26.9. The molecule has 0 aliphatic rings. The molecule has 3 aromatic heterocycles. The average molecular weight is 641 g/mol. The molecule has 7 aromatic carbocycles. The highest BCUT2D eigenvalue weighted by Gasteiger charge is 2.21. The van der Waals surface area contributed by atoms with Gasteiger partial charge in [0.15, 0.2) is 0 Å². The van der Waals surface area contributed by atoms with E-state index in [1.165, 1.54) is 42.0 Å². The molecule has 0 fully saturated rings. The normalized spacial score (nSPS) is 11.6. The SMILES string of the molecule is N#Cc1ccc2c(c1)c1ccccc1n2-c1c(C#N)cccc1-c1ccc2sc3c(ccc4c5ccccc5n(-c5ccccc5)c43)c2c1. The lowest BCUT2D eigenvalue weighted by Crippen LogP contribution is -2.00. The number of thiophene rings is 1. The van der Waals surface area contributed by atoms with Crippen LogP contribution in [0.2, 0.25) is 0 Å². The topological polar surface area (TPSA) is 57.4 Å². The van der Waals surface area contributed by atoms with Gasteiger partial charge in [0.25, 0.3) is 0 Å². The zero-order chi connectivity index (χ0) is 32.6. The van der Waals surface area contributed by atoms with Gasteiger partial charge in [-0.05, 0) is 66.2 Å². The van der Waals surface area contributed by atoms with Gasteiger partial charge in [-0.2, -0.15) is 10.5 Å². The fraction of sp³-hybridized carbons (Fsp3) is 0. The van der Waals surface area contributed by atoms with Crippen molar-refractivity contribution in [2.45, 2.75) is 0 Å². The Morgan fingerprint density at radius 1 is 0.490 bits per heavy atom. The summed E-state index contributed by atoms with van der Waals surface area (Å²) in [5.41, 5.74) is 9.58. The number of rotatable bonds is 3. The number of fused-ring (bicyclic) bond motifs is 10. The molecule has 0 saturated carbocycles. The number of hydrogen-bond donors (Lipinski definition) is 0. The number of hydrogen-bond acceptors (Lipinski definition) is 3. The van der Waals surface area contributed by atoms with E-state index in [4.69, 9.17) is 0 Å².